The number of fused-ring (bicyclic) bond motifs is 1. The number of allylic oxidation sites excluding steroid dienone is 1. The van der Waals surface area contributed by atoms with Gasteiger partial charge in [0.15, 0.2) is 0 Å². The molecule has 0 atom stereocenters. The fourth-order valence-corrected chi connectivity index (χ4v) is 2.93. The van der Waals surface area contributed by atoms with Crippen LogP contribution in [0.1, 0.15) is 5.56 Å². The van der Waals surface area contributed by atoms with E-state index in [-0.39, 0.29) is 0 Å². The number of nitrogens with zero attached hydrogens (tertiary/aromatic N) is 2. The molecule has 0 saturated carbocycles. The number of para-hydroxylation sites is 2. The summed E-state index contributed by atoms with van der Waals surface area (Å²) in [7, 11) is 0. The molecule has 0 radical (unpaired) electrons. The fraction of sp³-hybridized carbons (Fsp3) is 0.0455. The smallest absolute Gasteiger partial charge is 0.141 e. The third kappa shape index (κ3) is 2.86. The predicted molar refractivity (Wildman–Crippen MR) is 101 cm³/mol. The van der Waals surface area contributed by atoms with Crippen molar-refractivity contribution in [1.29, 1.82) is 0 Å². The van der Waals surface area contributed by atoms with Crippen LogP contribution in [0.25, 0.3) is 28.5 Å². The zero-order valence-corrected chi connectivity index (χ0v) is 13.3. The highest BCUT2D eigenvalue weighted by atomic mass is 15.1. The van der Waals surface area contributed by atoms with Crippen molar-refractivity contribution in [2.75, 3.05) is 0 Å². The summed E-state index contributed by atoms with van der Waals surface area (Å²) in [5, 5.41) is 0. The summed E-state index contributed by atoms with van der Waals surface area (Å²) in [5.74, 6) is 1.01. The second kappa shape index (κ2) is 6.55. The molecule has 24 heavy (non-hydrogen) atoms. The molecular weight excluding hydrogens is 292 g/mol. The number of hydrogen-bond acceptors (Lipinski definition) is 1. The average Bonchev–Trinajstić information content (AvgIpc) is 3.02. The van der Waals surface area contributed by atoms with Gasteiger partial charge in [0, 0.05) is 12.1 Å². The second-order valence-electron chi connectivity index (χ2n) is 5.71. The van der Waals surface area contributed by atoms with Crippen LogP contribution in [0.15, 0.2) is 91.0 Å². The predicted octanol–water partition coefficient (Wildman–Crippen LogP) is 5.42. The van der Waals surface area contributed by atoms with Gasteiger partial charge in [-0.3, -0.25) is 0 Å². The van der Waals surface area contributed by atoms with Crippen LogP contribution in [-0.2, 0) is 6.54 Å². The number of imidazole rings is 1. The van der Waals surface area contributed by atoms with Gasteiger partial charge >= 0.3 is 0 Å². The molecule has 0 amide bonds. The molecule has 0 saturated heterocycles. The molecule has 0 bridgehead atoms. The van der Waals surface area contributed by atoms with Gasteiger partial charge in [-0.1, -0.05) is 84.9 Å². The van der Waals surface area contributed by atoms with Crippen molar-refractivity contribution in [3.8, 4) is 11.4 Å². The van der Waals surface area contributed by atoms with E-state index in [2.05, 4.69) is 83.4 Å². The van der Waals surface area contributed by atoms with E-state index in [9.17, 15) is 0 Å². The Morgan fingerprint density at radius 2 is 1.42 bits per heavy atom. The van der Waals surface area contributed by atoms with Crippen LogP contribution < -0.4 is 0 Å². The van der Waals surface area contributed by atoms with Crippen LogP contribution in [0.5, 0.6) is 0 Å². The van der Waals surface area contributed by atoms with Crippen molar-refractivity contribution in [2.45, 2.75) is 6.54 Å². The molecule has 0 aliphatic heterocycles. The van der Waals surface area contributed by atoms with E-state index in [1.807, 2.05) is 18.2 Å². The third-order valence-electron chi connectivity index (χ3n) is 4.08. The molecule has 0 fully saturated rings. The summed E-state index contributed by atoms with van der Waals surface area (Å²) in [4.78, 5) is 4.84. The fourth-order valence-electron chi connectivity index (χ4n) is 2.93. The van der Waals surface area contributed by atoms with Gasteiger partial charge in [0.25, 0.3) is 0 Å². The quantitative estimate of drug-likeness (QED) is 0.492. The number of aromatic nitrogens is 2. The highest BCUT2D eigenvalue weighted by molar-refractivity contribution is 5.80. The highest BCUT2D eigenvalue weighted by Crippen LogP contribution is 2.24. The zero-order chi connectivity index (χ0) is 16.2. The maximum Gasteiger partial charge on any atom is 0.141 e. The Hall–Kier alpha value is -3.13. The molecule has 2 heteroatoms. The molecule has 4 aromatic rings. The Bertz CT molecular complexity index is 967. The summed E-state index contributed by atoms with van der Waals surface area (Å²) in [6.07, 6.45) is 4.35. The van der Waals surface area contributed by atoms with Crippen molar-refractivity contribution in [3.63, 3.8) is 0 Å². The van der Waals surface area contributed by atoms with Gasteiger partial charge in [0.05, 0.1) is 11.0 Å². The molecule has 0 aliphatic rings. The van der Waals surface area contributed by atoms with Crippen LogP contribution in [0.2, 0.25) is 0 Å². The monoisotopic (exact) mass is 310 g/mol. The lowest BCUT2D eigenvalue weighted by Crippen LogP contribution is -1.98. The Kier molecular flexibility index (Phi) is 3.95. The van der Waals surface area contributed by atoms with Gasteiger partial charge in [0.1, 0.15) is 5.82 Å². The molecule has 0 aliphatic carbocycles. The zero-order valence-electron chi connectivity index (χ0n) is 13.3. The van der Waals surface area contributed by atoms with Crippen molar-refractivity contribution in [2.24, 2.45) is 0 Å². The minimum atomic E-state index is 0.791. The van der Waals surface area contributed by atoms with Crippen molar-refractivity contribution in [3.05, 3.63) is 96.6 Å². The summed E-state index contributed by atoms with van der Waals surface area (Å²) in [5.41, 5.74) is 4.54. The number of benzene rings is 3. The van der Waals surface area contributed by atoms with Gasteiger partial charge in [-0.15, -0.1) is 0 Å². The molecule has 0 spiro atoms. The lowest BCUT2D eigenvalue weighted by atomic mass is 10.2. The lowest BCUT2D eigenvalue weighted by Gasteiger charge is -2.06. The molecular formula is C22H18N2. The molecule has 0 N–H and O–H groups in total. The van der Waals surface area contributed by atoms with Crippen molar-refractivity contribution >= 4 is 17.1 Å². The van der Waals surface area contributed by atoms with Crippen LogP contribution in [0.3, 0.4) is 0 Å². The van der Waals surface area contributed by atoms with E-state index in [1.165, 1.54) is 5.56 Å². The minimum absolute atomic E-state index is 0.791. The normalized spacial score (nSPS) is 11.3. The lowest BCUT2D eigenvalue weighted by molar-refractivity contribution is 0.863. The third-order valence-corrected chi connectivity index (χ3v) is 4.08. The first-order chi connectivity index (χ1) is 11.9. The van der Waals surface area contributed by atoms with Gasteiger partial charge in [-0.25, -0.2) is 4.98 Å². The second-order valence-corrected chi connectivity index (χ2v) is 5.71. The van der Waals surface area contributed by atoms with Gasteiger partial charge < -0.3 is 4.57 Å². The summed E-state index contributed by atoms with van der Waals surface area (Å²) < 4.78 is 2.27. The average molecular weight is 310 g/mol. The number of hydrogen-bond donors (Lipinski definition) is 0. The van der Waals surface area contributed by atoms with E-state index in [0.29, 0.717) is 0 Å². The Morgan fingerprint density at radius 3 is 2.21 bits per heavy atom. The first-order valence-electron chi connectivity index (χ1n) is 8.14. The SMILES string of the molecule is C(=C\c1ccccc1)/Cn1c(-c2ccccc2)nc2ccccc21. The largest absolute Gasteiger partial charge is 0.320 e. The summed E-state index contributed by atoms with van der Waals surface area (Å²) in [6.45, 7) is 0.791. The van der Waals surface area contributed by atoms with Gasteiger partial charge in [-0.2, -0.15) is 0 Å². The molecule has 0 unspecified atom stereocenters. The van der Waals surface area contributed by atoms with E-state index in [1.54, 1.807) is 0 Å². The number of rotatable bonds is 4. The molecule has 4 rings (SSSR count). The van der Waals surface area contributed by atoms with Gasteiger partial charge in [-0.05, 0) is 17.7 Å². The van der Waals surface area contributed by atoms with Gasteiger partial charge in [0.2, 0.25) is 0 Å². The minimum Gasteiger partial charge on any atom is -0.320 e. The van der Waals surface area contributed by atoms with Crippen molar-refractivity contribution in [1.82, 2.24) is 9.55 Å². The summed E-state index contributed by atoms with van der Waals surface area (Å²) >= 11 is 0. The first kappa shape index (κ1) is 14.5. The van der Waals surface area contributed by atoms with E-state index < -0.39 is 0 Å². The first-order valence-corrected chi connectivity index (χ1v) is 8.14. The van der Waals surface area contributed by atoms with E-state index >= 15 is 0 Å². The molecule has 1 heterocycles. The van der Waals surface area contributed by atoms with E-state index in [4.69, 9.17) is 4.98 Å². The Balaban J connectivity index is 1.74. The molecule has 1 aromatic heterocycles. The molecule has 116 valence electrons. The standard InChI is InChI=1S/C22H18N2/c1-3-10-18(11-4-1)12-9-17-24-21-16-8-7-15-20(21)23-22(24)19-13-5-2-6-14-19/h1-16H,17H2/b12-9+. The van der Waals surface area contributed by atoms with E-state index in [0.717, 1.165) is 29.0 Å². The Morgan fingerprint density at radius 1 is 0.750 bits per heavy atom. The Labute approximate surface area is 141 Å². The molecule has 3 aromatic carbocycles. The molecule has 2 nitrogen and oxygen atoms in total. The maximum atomic E-state index is 4.84. The van der Waals surface area contributed by atoms with Crippen LogP contribution in [-0.4, -0.2) is 9.55 Å². The van der Waals surface area contributed by atoms with Crippen molar-refractivity contribution < 1.29 is 0 Å². The van der Waals surface area contributed by atoms with Crippen LogP contribution >= 0.6 is 0 Å². The van der Waals surface area contributed by atoms with Crippen LogP contribution in [0, 0.1) is 0 Å². The highest BCUT2D eigenvalue weighted by Gasteiger charge is 2.10. The maximum absolute atomic E-state index is 4.84. The van der Waals surface area contributed by atoms with Crippen LogP contribution in [0.4, 0.5) is 0 Å². The topological polar surface area (TPSA) is 17.8 Å². The summed E-state index contributed by atoms with van der Waals surface area (Å²) in [6, 6.07) is 29.0.